The Morgan fingerprint density at radius 3 is 2.41 bits per heavy atom. The van der Waals surface area contributed by atoms with Crippen LogP contribution in [0.5, 0.6) is 5.75 Å². The number of carbonyl (C=O) groups is 1. The van der Waals surface area contributed by atoms with Crippen LogP contribution < -0.4 is 15.0 Å². The summed E-state index contributed by atoms with van der Waals surface area (Å²) in [6, 6.07) is 6.52. The first-order chi connectivity index (χ1) is 16.1. The SMILES string of the molecule is CC(C)C(=O)NC(=NO)N1CCN(c2ncc(OCc3ccc(S(C)(=O)=O)cc3)cn2)C(C)C1. The highest BCUT2D eigenvalue weighted by Gasteiger charge is 2.28. The quantitative estimate of drug-likeness (QED) is 0.267. The summed E-state index contributed by atoms with van der Waals surface area (Å²) in [5, 5.41) is 15.2. The number of hydrogen-bond acceptors (Lipinski definition) is 9. The highest BCUT2D eigenvalue weighted by atomic mass is 32.2. The summed E-state index contributed by atoms with van der Waals surface area (Å²) in [7, 11) is -3.23. The van der Waals surface area contributed by atoms with Crippen LogP contribution in [0.3, 0.4) is 0 Å². The monoisotopic (exact) mass is 490 g/mol. The number of rotatable bonds is 6. The van der Waals surface area contributed by atoms with Crippen LogP contribution in [0, 0.1) is 5.92 Å². The molecule has 0 spiro atoms. The predicted octanol–water partition coefficient (Wildman–Crippen LogP) is 1.49. The summed E-state index contributed by atoms with van der Waals surface area (Å²) in [4.78, 5) is 24.9. The molecular formula is C22H30N6O5S. The Bertz CT molecular complexity index is 1120. The lowest BCUT2D eigenvalue weighted by Crippen LogP contribution is -2.57. The highest BCUT2D eigenvalue weighted by molar-refractivity contribution is 7.90. The van der Waals surface area contributed by atoms with Crippen LogP contribution in [-0.4, -0.2) is 72.3 Å². The fraction of sp³-hybridized carbons (Fsp3) is 0.455. The molecule has 2 heterocycles. The number of hydrogen-bond donors (Lipinski definition) is 2. The minimum Gasteiger partial charge on any atom is -0.486 e. The molecule has 0 radical (unpaired) electrons. The summed E-state index contributed by atoms with van der Waals surface area (Å²) in [5.74, 6) is 0.739. The number of carbonyl (C=O) groups excluding carboxylic acids is 1. The van der Waals surface area contributed by atoms with E-state index in [1.165, 1.54) is 6.26 Å². The average molecular weight is 491 g/mol. The molecular weight excluding hydrogens is 460 g/mol. The molecule has 1 atom stereocenters. The Morgan fingerprint density at radius 2 is 1.88 bits per heavy atom. The van der Waals surface area contributed by atoms with Gasteiger partial charge in [-0.15, -0.1) is 0 Å². The number of oxime groups is 1. The molecule has 2 aromatic rings. The number of nitrogens with one attached hydrogen (secondary N) is 1. The van der Waals surface area contributed by atoms with Crippen molar-refractivity contribution in [2.75, 3.05) is 30.8 Å². The van der Waals surface area contributed by atoms with E-state index in [-0.39, 0.29) is 35.3 Å². The lowest BCUT2D eigenvalue weighted by molar-refractivity contribution is -0.122. The van der Waals surface area contributed by atoms with Gasteiger partial charge in [-0.1, -0.05) is 31.1 Å². The van der Waals surface area contributed by atoms with Gasteiger partial charge in [0.1, 0.15) is 6.61 Å². The van der Waals surface area contributed by atoms with Crippen LogP contribution >= 0.6 is 0 Å². The highest BCUT2D eigenvalue weighted by Crippen LogP contribution is 2.19. The maximum atomic E-state index is 12.0. The first kappa shape index (κ1) is 25.2. The normalized spacial score (nSPS) is 17.1. The van der Waals surface area contributed by atoms with Crippen molar-refractivity contribution in [2.24, 2.45) is 11.1 Å². The lowest BCUT2D eigenvalue weighted by atomic mass is 10.2. The third-order valence-electron chi connectivity index (χ3n) is 5.41. The number of sulfone groups is 1. The number of guanidine groups is 1. The predicted molar refractivity (Wildman–Crippen MR) is 126 cm³/mol. The fourth-order valence-corrected chi connectivity index (χ4v) is 4.03. The van der Waals surface area contributed by atoms with Crippen LogP contribution in [0.25, 0.3) is 0 Å². The van der Waals surface area contributed by atoms with Gasteiger partial charge in [0.05, 0.1) is 17.3 Å². The molecule has 12 heteroatoms. The smallest absolute Gasteiger partial charge is 0.242 e. The van der Waals surface area contributed by atoms with Crippen molar-refractivity contribution in [1.29, 1.82) is 0 Å². The first-order valence-corrected chi connectivity index (χ1v) is 12.8. The maximum Gasteiger partial charge on any atom is 0.242 e. The second kappa shape index (κ2) is 10.7. The molecule has 1 unspecified atom stereocenters. The van der Waals surface area contributed by atoms with Gasteiger partial charge in [0.2, 0.25) is 17.8 Å². The van der Waals surface area contributed by atoms with Crippen LogP contribution in [0.15, 0.2) is 46.7 Å². The number of ether oxygens (including phenoxy) is 1. The molecule has 1 amide bonds. The minimum atomic E-state index is -3.23. The van der Waals surface area contributed by atoms with Crippen LogP contribution in [0.4, 0.5) is 5.95 Å². The number of benzene rings is 1. The van der Waals surface area contributed by atoms with Crippen LogP contribution in [0.1, 0.15) is 26.3 Å². The largest absolute Gasteiger partial charge is 0.486 e. The van der Waals surface area contributed by atoms with Gasteiger partial charge >= 0.3 is 0 Å². The molecule has 1 aliphatic rings. The van der Waals surface area contributed by atoms with E-state index in [4.69, 9.17) is 4.74 Å². The van der Waals surface area contributed by atoms with Crippen LogP contribution in [0.2, 0.25) is 0 Å². The van der Waals surface area contributed by atoms with Crippen molar-refractivity contribution in [3.63, 3.8) is 0 Å². The Morgan fingerprint density at radius 1 is 1.24 bits per heavy atom. The van der Waals surface area contributed by atoms with Gasteiger partial charge in [-0.2, -0.15) is 0 Å². The average Bonchev–Trinajstić information content (AvgIpc) is 2.81. The van der Waals surface area contributed by atoms with E-state index in [2.05, 4.69) is 20.4 Å². The zero-order chi connectivity index (χ0) is 24.9. The molecule has 3 rings (SSSR count). The first-order valence-electron chi connectivity index (χ1n) is 10.9. The van der Waals surface area contributed by atoms with E-state index >= 15 is 0 Å². The minimum absolute atomic E-state index is 0.00146. The molecule has 0 saturated carbocycles. The molecule has 1 aromatic heterocycles. The zero-order valence-electron chi connectivity index (χ0n) is 19.7. The second-order valence-corrected chi connectivity index (χ2v) is 10.5. The van der Waals surface area contributed by atoms with Gasteiger partial charge in [0.15, 0.2) is 15.6 Å². The molecule has 11 nitrogen and oxygen atoms in total. The van der Waals surface area contributed by atoms with Gasteiger partial charge < -0.3 is 19.7 Å². The molecule has 34 heavy (non-hydrogen) atoms. The number of aromatic nitrogens is 2. The zero-order valence-corrected chi connectivity index (χ0v) is 20.5. The van der Waals surface area contributed by atoms with E-state index in [9.17, 15) is 18.4 Å². The Kier molecular flexibility index (Phi) is 7.92. The molecule has 2 N–H and O–H groups in total. The number of anilines is 1. The van der Waals surface area contributed by atoms with Crippen molar-refractivity contribution in [3.05, 3.63) is 42.2 Å². The summed E-state index contributed by atoms with van der Waals surface area (Å²) in [5.41, 5.74) is 0.826. The molecule has 1 saturated heterocycles. The van der Waals surface area contributed by atoms with Gasteiger partial charge in [0, 0.05) is 37.8 Å². The van der Waals surface area contributed by atoms with Crippen molar-refractivity contribution in [2.45, 2.75) is 38.3 Å². The topological polar surface area (TPSA) is 137 Å². The molecule has 0 bridgehead atoms. The van der Waals surface area contributed by atoms with E-state index < -0.39 is 9.84 Å². The van der Waals surface area contributed by atoms with Gasteiger partial charge in [-0.05, 0) is 24.6 Å². The Hall–Kier alpha value is -3.41. The maximum absolute atomic E-state index is 12.0. The molecule has 1 fully saturated rings. The Balaban J connectivity index is 1.56. The lowest BCUT2D eigenvalue weighted by Gasteiger charge is -2.40. The standard InChI is InChI=1S/C22H30N6O5S/c1-15(2)20(29)25-22(26-30)27-9-10-28(16(3)13-27)21-23-11-18(12-24-21)33-14-17-5-7-19(8-6-17)34(4,31)32/h5-8,11-12,15-16,30H,9-10,13-14H2,1-4H3,(H,25,26,29). The van der Waals surface area contributed by atoms with Crippen LogP contribution in [-0.2, 0) is 21.2 Å². The van der Waals surface area contributed by atoms with E-state index in [1.807, 2.05) is 16.7 Å². The number of nitrogens with zero attached hydrogens (tertiary/aromatic N) is 5. The van der Waals surface area contributed by atoms with Crippen molar-refractivity contribution in [1.82, 2.24) is 20.2 Å². The molecule has 184 valence electrons. The Labute approximate surface area is 199 Å². The summed E-state index contributed by atoms with van der Waals surface area (Å²) in [6.07, 6.45) is 4.35. The molecule has 1 aromatic carbocycles. The van der Waals surface area contributed by atoms with Gasteiger partial charge in [-0.3, -0.25) is 10.1 Å². The van der Waals surface area contributed by atoms with Crippen molar-refractivity contribution < 1.29 is 23.2 Å². The fourth-order valence-electron chi connectivity index (χ4n) is 3.40. The van der Waals surface area contributed by atoms with Crippen molar-refractivity contribution >= 4 is 27.7 Å². The van der Waals surface area contributed by atoms with Gasteiger partial charge in [-0.25, -0.2) is 18.4 Å². The molecule has 0 aliphatic carbocycles. The number of piperazine rings is 1. The third-order valence-corrected chi connectivity index (χ3v) is 6.54. The second-order valence-electron chi connectivity index (χ2n) is 8.48. The molecule has 1 aliphatic heterocycles. The van der Waals surface area contributed by atoms with E-state index in [0.29, 0.717) is 31.3 Å². The van der Waals surface area contributed by atoms with Gasteiger partial charge in [0.25, 0.3) is 0 Å². The summed E-state index contributed by atoms with van der Waals surface area (Å²) >= 11 is 0. The summed E-state index contributed by atoms with van der Waals surface area (Å²) < 4.78 is 28.8. The van der Waals surface area contributed by atoms with Crippen molar-refractivity contribution in [3.8, 4) is 5.75 Å². The van der Waals surface area contributed by atoms with E-state index in [0.717, 1.165) is 5.56 Å². The number of amides is 1. The third kappa shape index (κ3) is 6.34. The van der Waals surface area contributed by atoms with E-state index in [1.54, 1.807) is 50.5 Å². The summed E-state index contributed by atoms with van der Waals surface area (Å²) in [6.45, 7) is 7.40.